The number of primary amides is 1. The molecule has 3 N–H and O–H groups in total. The largest absolute Gasteiger partial charge is 0.388 e. The molecule has 17 heavy (non-hydrogen) atoms. The van der Waals surface area contributed by atoms with Gasteiger partial charge in [0.2, 0.25) is 5.91 Å². The number of rotatable bonds is 5. The van der Waals surface area contributed by atoms with Crippen LogP contribution in [0, 0.1) is 0 Å². The lowest BCUT2D eigenvalue weighted by Crippen LogP contribution is -2.10. The first-order valence-corrected chi connectivity index (χ1v) is 6.25. The maximum atomic E-state index is 10.6. The second-order valence-electron chi connectivity index (χ2n) is 4.76. The summed E-state index contributed by atoms with van der Waals surface area (Å²) in [7, 11) is 0. The van der Waals surface area contributed by atoms with E-state index >= 15 is 0 Å². The third-order valence-corrected chi connectivity index (χ3v) is 3.41. The van der Waals surface area contributed by atoms with Crippen molar-refractivity contribution in [2.75, 3.05) is 0 Å². The van der Waals surface area contributed by atoms with Crippen LogP contribution in [0.25, 0.3) is 0 Å². The van der Waals surface area contributed by atoms with Gasteiger partial charge in [0.1, 0.15) is 0 Å². The van der Waals surface area contributed by atoms with Crippen molar-refractivity contribution in [3.05, 3.63) is 34.9 Å². The Morgan fingerprint density at radius 2 is 2.12 bits per heavy atom. The van der Waals surface area contributed by atoms with Gasteiger partial charge in [-0.05, 0) is 48.8 Å². The molecule has 1 aromatic carbocycles. The van der Waals surface area contributed by atoms with Gasteiger partial charge in [0.25, 0.3) is 0 Å². The molecule has 1 unspecified atom stereocenters. The fourth-order valence-corrected chi connectivity index (χ4v) is 2.44. The highest BCUT2D eigenvalue weighted by molar-refractivity contribution is 5.73. The number of fused-ring (bicyclic) bond motifs is 1. The van der Waals surface area contributed by atoms with Gasteiger partial charge in [0.15, 0.2) is 0 Å². The number of benzene rings is 1. The summed E-state index contributed by atoms with van der Waals surface area (Å²) >= 11 is 0. The Morgan fingerprint density at radius 1 is 1.35 bits per heavy atom. The highest BCUT2D eigenvalue weighted by Crippen LogP contribution is 2.27. The number of carbonyl (C=O) groups excluding carboxylic acids is 1. The predicted octanol–water partition coefficient (Wildman–Crippen LogP) is 1.86. The Hall–Kier alpha value is -1.35. The van der Waals surface area contributed by atoms with Gasteiger partial charge in [0, 0.05) is 6.42 Å². The summed E-state index contributed by atoms with van der Waals surface area (Å²) in [5, 5.41) is 10.0. The molecular formula is C14H19NO2. The second kappa shape index (κ2) is 5.32. The third-order valence-electron chi connectivity index (χ3n) is 3.41. The molecule has 1 aromatic rings. The molecule has 0 bridgehead atoms. The van der Waals surface area contributed by atoms with Gasteiger partial charge in [-0.25, -0.2) is 0 Å². The molecule has 2 rings (SSSR count). The number of carbonyl (C=O) groups is 1. The van der Waals surface area contributed by atoms with E-state index in [-0.39, 0.29) is 5.91 Å². The Kier molecular flexibility index (Phi) is 3.79. The molecule has 3 nitrogen and oxygen atoms in total. The normalized spacial score (nSPS) is 15.6. The van der Waals surface area contributed by atoms with Crippen molar-refractivity contribution in [1.82, 2.24) is 0 Å². The monoisotopic (exact) mass is 233 g/mol. The van der Waals surface area contributed by atoms with Crippen molar-refractivity contribution in [2.45, 2.75) is 44.6 Å². The fraction of sp³-hybridized carbons (Fsp3) is 0.500. The lowest BCUT2D eigenvalue weighted by molar-refractivity contribution is -0.118. The smallest absolute Gasteiger partial charge is 0.217 e. The lowest BCUT2D eigenvalue weighted by Gasteiger charge is -2.12. The Bertz CT molecular complexity index is 415. The molecule has 1 amide bonds. The minimum atomic E-state index is -0.472. The molecular weight excluding hydrogens is 214 g/mol. The topological polar surface area (TPSA) is 63.3 Å². The standard InChI is InChI=1S/C14H19NO2/c15-14(17)6-2-5-13(16)12-8-7-10-3-1-4-11(10)9-12/h7-9,13,16H,1-6H2,(H2,15,17). The molecule has 0 radical (unpaired) electrons. The van der Waals surface area contributed by atoms with Crippen molar-refractivity contribution in [2.24, 2.45) is 5.73 Å². The van der Waals surface area contributed by atoms with Crippen molar-refractivity contribution in [1.29, 1.82) is 0 Å². The SMILES string of the molecule is NC(=O)CCCC(O)c1ccc2c(c1)CCC2. The van der Waals surface area contributed by atoms with Crippen LogP contribution in [0.1, 0.15) is 48.5 Å². The number of hydrogen-bond donors (Lipinski definition) is 2. The zero-order valence-corrected chi connectivity index (χ0v) is 9.98. The minimum Gasteiger partial charge on any atom is -0.388 e. The van der Waals surface area contributed by atoms with Gasteiger partial charge in [-0.1, -0.05) is 18.2 Å². The van der Waals surface area contributed by atoms with Gasteiger partial charge >= 0.3 is 0 Å². The first-order chi connectivity index (χ1) is 8.16. The average Bonchev–Trinajstić information content (AvgIpc) is 2.75. The molecule has 1 atom stereocenters. The quantitative estimate of drug-likeness (QED) is 0.815. The van der Waals surface area contributed by atoms with E-state index in [0.29, 0.717) is 19.3 Å². The molecule has 3 heteroatoms. The zero-order valence-electron chi connectivity index (χ0n) is 9.98. The van der Waals surface area contributed by atoms with E-state index in [1.165, 1.54) is 17.5 Å². The first kappa shape index (κ1) is 12.1. The van der Waals surface area contributed by atoms with E-state index in [2.05, 4.69) is 12.1 Å². The molecule has 0 saturated heterocycles. The van der Waals surface area contributed by atoms with Crippen LogP contribution in [-0.2, 0) is 17.6 Å². The summed E-state index contributed by atoms with van der Waals surface area (Å²) in [6.07, 6.45) is 4.62. The van der Waals surface area contributed by atoms with Crippen molar-refractivity contribution in [3.8, 4) is 0 Å². The van der Waals surface area contributed by atoms with Crippen LogP contribution < -0.4 is 5.73 Å². The molecule has 0 aromatic heterocycles. The van der Waals surface area contributed by atoms with E-state index in [0.717, 1.165) is 18.4 Å². The zero-order chi connectivity index (χ0) is 12.3. The van der Waals surface area contributed by atoms with Crippen molar-refractivity contribution < 1.29 is 9.90 Å². The van der Waals surface area contributed by atoms with Crippen LogP contribution >= 0.6 is 0 Å². The summed E-state index contributed by atoms with van der Waals surface area (Å²) in [6, 6.07) is 6.23. The molecule has 0 saturated carbocycles. The average molecular weight is 233 g/mol. The molecule has 0 aliphatic heterocycles. The van der Waals surface area contributed by atoms with Gasteiger partial charge in [0.05, 0.1) is 6.10 Å². The van der Waals surface area contributed by atoms with Crippen LogP contribution in [0.5, 0.6) is 0 Å². The maximum Gasteiger partial charge on any atom is 0.217 e. The summed E-state index contributed by atoms with van der Waals surface area (Å²) in [5.41, 5.74) is 8.82. The van der Waals surface area contributed by atoms with E-state index in [4.69, 9.17) is 5.73 Å². The number of aliphatic hydroxyl groups is 1. The Labute approximate surface area is 102 Å². The number of aryl methyl sites for hydroxylation is 2. The summed E-state index contributed by atoms with van der Waals surface area (Å²) in [4.78, 5) is 10.6. The second-order valence-corrected chi connectivity index (χ2v) is 4.76. The molecule has 0 heterocycles. The van der Waals surface area contributed by atoms with Crippen LogP contribution in [-0.4, -0.2) is 11.0 Å². The number of nitrogens with two attached hydrogens (primary N) is 1. The molecule has 92 valence electrons. The van der Waals surface area contributed by atoms with Crippen molar-refractivity contribution >= 4 is 5.91 Å². The number of aliphatic hydroxyl groups excluding tert-OH is 1. The highest BCUT2D eigenvalue weighted by atomic mass is 16.3. The Balaban J connectivity index is 1.95. The maximum absolute atomic E-state index is 10.6. The third kappa shape index (κ3) is 3.07. The molecule has 0 fully saturated rings. The van der Waals surface area contributed by atoms with Gasteiger partial charge in [-0.2, -0.15) is 0 Å². The number of hydrogen-bond acceptors (Lipinski definition) is 2. The van der Waals surface area contributed by atoms with Crippen LogP contribution in [0.3, 0.4) is 0 Å². The van der Waals surface area contributed by atoms with E-state index in [1.54, 1.807) is 0 Å². The molecule has 1 aliphatic carbocycles. The molecule has 1 aliphatic rings. The Morgan fingerprint density at radius 3 is 2.88 bits per heavy atom. The highest BCUT2D eigenvalue weighted by Gasteiger charge is 2.14. The van der Waals surface area contributed by atoms with Crippen LogP contribution in [0.2, 0.25) is 0 Å². The first-order valence-electron chi connectivity index (χ1n) is 6.25. The van der Waals surface area contributed by atoms with Gasteiger partial charge in [-0.15, -0.1) is 0 Å². The molecule has 0 spiro atoms. The fourth-order valence-electron chi connectivity index (χ4n) is 2.44. The summed E-state index contributed by atoms with van der Waals surface area (Å²) < 4.78 is 0. The summed E-state index contributed by atoms with van der Waals surface area (Å²) in [6.45, 7) is 0. The summed E-state index contributed by atoms with van der Waals surface area (Å²) in [5.74, 6) is -0.300. The van der Waals surface area contributed by atoms with E-state index < -0.39 is 6.10 Å². The lowest BCUT2D eigenvalue weighted by atomic mass is 9.99. The van der Waals surface area contributed by atoms with Gasteiger partial charge in [-0.3, -0.25) is 4.79 Å². The predicted molar refractivity (Wildman–Crippen MR) is 66.5 cm³/mol. The van der Waals surface area contributed by atoms with Crippen LogP contribution in [0.4, 0.5) is 0 Å². The van der Waals surface area contributed by atoms with Gasteiger partial charge < -0.3 is 10.8 Å². The number of amides is 1. The van der Waals surface area contributed by atoms with Crippen LogP contribution in [0.15, 0.2) is 18.2 Å². The van der Waals surface area contributed by atoms with Crippen molar-refractivity contribution in [3.63, 3.8) is 0 Å². The van der Waals surface area contributed by atoms with E-state index in [1.807, 2.05) is 6.07 Å². The van der Waals surface area contributed by atoms with E-state index in [9.17, 15) is 9.90 Å². The minimum absolute atomic E-state index is 0.300.